The van der Waals surface area contributed by atoms with Gasteiger partial charge in [0.2, 0.25) is 0 Å². The second kappa shape index (κ2) is 9.87. The summed E-state index contributed by atoms with van der Waals surface area (Å²) < 4.78 is 11.0. The predicted octanol–water partition coefficient (Wildman–Crippen LogP) is 1.82. The van der Waals surface area contributed by atoms with Crippen LogP contribution >= 0.6 is 0 Å². The molecule has 28 heavy (non-hydrogen) atoms. The van der Waals surface area contributed by atoms with Crippen molar-refractivity contribution in [3.8, 4) is 5.75 Å². The van der Waals surface area contributed by atoms with E-state index in [9.17, 15) is 9.59 Å². The average molecular weight is 383 g/mol. The first kappa shape index (κ1) is 19.9. The molecule has 0 unspecified atom stereocenters. The zero-order valence-corrected chi connectivity index (χ0v) is 15.9. The number of benzene rings is 2. The number of hydrogen-bond acceptors (Lipinski definition) is 5. The van der Waals surface area contributed by atoms with Crippen LogP contribution in [0.5, 0.6) is 5.75 Å². The maximum absolute atomic E-state index is 12.1. The second-order valence-electron chi connectivity index (χ2n) is 6.48. The molecule has 1 atom stereocenters. The number of anilines is 1. The number of para-hydroxylation sites is 2. The van der Waals surface area contributed by atoms with Crippen molar-refractivity contribution >= 4 is 17.5 Å². The molecule has 1 saturated heterocycles. The first-order valence-electron chi connectivity index (χ1n) is 9.28. The lowest BCUT2D eigenvalue weighted by atomic mass is 10.1. The highest BCUT2D eigenvalue weighted by Gasteiger charge is 2.22. The Kier molecular flexibility index (Phi) is 7.00. The van der Waals surface area contributed by atoms with Gasteiger partial charge >= 0.3 is 11.8 Å². The molecule has 0 saturated carbocycles. The summed E-state index contributed by atoms with van der Waals surface area (Å²) in [6.07, 6.45) is 0.0273. The summed E-state index contributed by atoms with van der Waals surface area (Å²) in [7, 11) is 1.51. The maximum atomic E-state index is 12.1. The number of morpholine rings is 1. The molecule has 0 aliphatic carbocycles. The Balaban J connectivity index is 1.44. The Labute approximate surface area is 164 Å². The van der Waals surface area contributed by atoms with Crippen LogP contribution in [0.1, 0.15) is 11.7 Å². The summed E-state index contributed by atoms with van der Waals surface area (Å²) in [4.78, 5) is 26.4. The minimum atomic E-state index is -0.714. The number of carbonyl (C=O) groups excluding carboxylic acids is 2. The first-order chi connectivity index (χ1) is 13.7. The second-order valence-corrected chi connectivity index (χ2v) is 6.48. The SMILES string of the molecule is COc1ccccc1NC(=O)C(=O)NCCN1CCO[C@H](c2ccccc2)C1. The largest absolute Gasteiger partial charge is 0.495 e. The van der Waals surface area contributed by atoms with E-state index in [0.717, 1.165) is 18.7 Å². The van der Waals surface area contributed by atoms with Crippen LogP contribution in [0.15, 0.2) is 54.6 Å². The fourth-order valence-electron chi connectivity index (χ4n) is 3.11. The molecule has 1 heterocycles. The molecular formula is C21H25N3O4. The van der Waals surface area contributed by atoms with Crippen molar-refractivity contribution < 1.29 is 19.1 Å². The molecule has 2 amide bonds. The van der Waals surface area contributed by atoms with Gasteiger partial charge in [0.15, 0.2) is 0 Å². The van der Waals surface area contributed by atoms with Gasteiger partial charge in [-0.3, -0.25) is 14.5 Å². The Bertz CT molecular complexity index is 797. The number of nitrogens with one attached hydrogen (secondary N) is 2. The fraction of sp³-hybridized carbons (Fsp3) is 0.333. The molecule has 0 aromatic heterocycles. The number of ether oxygens (including phenoxy) is 2. The number of carbonyl (C=O) groups is 2. The van der Waals surface area contributed by atoms with Gasteiger partial charge in [0.1, 0.15) is 5.75 Å². The van der Waals surface area contributed by atoms with Crippen LogP contribution < -0.4 is 15.4 Å². The van der Waals surface area contributed by atoms with Gasteiger partial charge in [0.25, 0.3) is 0 Å². The molecule has 7 nitrogen and oxygen atoms in total. The monoisotopic (exact) mass is 383 g/mol. The molecule has 1 fully saturated rings. The molecule has 3 rings (SSSR count). The molecule has 0 bridgehead atoms. The number of methoxy groups -OCH3 is 1. The van der Waals surface area contributed by atoms with Gasteiger partial charge in [0.05, 0.1) is 25.5 Å². The highest BCUT2D eigenvalue weighted by molar-refractivity contribution is 6.39. The van der Waals surface area contributed by atoms with Gasteiger partial charge in [-0.15, -0.1) is 0 Å². The van der Waals surface area contributed by atoms with E-state index in [0.29, 0.717) is 31.1 Å². The third-order valence-electron chi connectivity index (χ3n) is 4.60. The summed E-state index contributed by atoms with van der Waals surface area (Å²) in [6, 6.07) is 17.0. The minimum absolute atomic E-state index is 0.0273. The molecule has 1 aliphatic heterocycles. The lowest BCUT2D eigenvalue weighted by Crippen LogP contribution is -2.44. The van der Waals surface area contributed by atoms with Gasteiger partial charge in [-0.1, -0.05) is 42.5 Å². The van der Waals surface area contributed by atoms with Crippen LogP contribution in [0.2, 0.25) is 0 Å². The van der Waals surface area contributed by atoms with Crippen molar-refractivity contribution in [2.24, 2.45) is 0 Å². The number of hydrogen-bond donors (Lipinski definition) is 2. The molecule has 2 N–H and O–H groups in total. The Hall–Kier alpha value is -2.90. The Morgan fingerprint density at radius 1 is 1.11 bits per heavy atom. The van der Waals surface area contributed by atoms with Crippen LogP contribution in [0.3, 0.4) is 0 Å². The van der Waals surface area contributed by atoms with E-state index >= 15 is 0 Å². The van der Waals surface area contributed by atoms with E-state index < -0.39 is 11.8 Å². The maximum Gasteiger partial charge on any atom is 0.313 e. The normalized spacial score (nSPS) is 17.0. The highest BCUT2D eigenvalue weighted by atomic mass is 16.5. The molecule has 0 radical (unpaired) electrons. The minimum Gasteiger partial charge on any atom is -0.495 e. The van der Waals surface area contributed by atoms with Gasteiger partial charge in [-0.05, 0) is 17.7 Å². The van der Waals surface area contributed by atoms with Gasteiger partial charge in [-0.2, -0.15) is 0 Å². The Morgan fingerprint density at radius 3 is 2.64 bits per heavy atom. The van der Waals surface area contributed by atoms with E-state index in [1.807, 2.05) is 18.2 Å². The van der Waals surface area contributed by atoms with Gasteiger partial charge in [0, 0.05) is 26.2 Å². The van der Waals surface area contributed by atoms with Crippen molar-refractivity contribution in [1.29, 1.82) is 0 Å². The Morgan fingerprint density at radius 2 is 1.86 bits per heavy atom. The lowest BCUT2D eigenvalue weighted by Gasteiger charge is -2.33. The van der Waals surface area contributed by atoms with Crippen LogP contribution in [-0.4, -0.2) is 56.6 Å². The number of nitrogens with zero attached hydrogens (tertiary/aromatic N) is 1. The molecule has 0 spiro atoms. The summed E-state index contributed by atoms with van der Waals surface area (Å²) in [6.45, 7) is 3.24. The smallest absolute Gasteiger partial charge is 0.313 e. The van der Waals surface area contributed by atoms with E-state index in [1.54, 1.807) is 24.3 Å². The van der Waals surface area contributed by atoms with Crippen molar-refractivity contribution in [3.63, 3.8) is 0 Å². The van der Waals surface area contributed by atoms with Crippen molar-refractivity contribution in [1.82, 2.24) is 10.2 Å². The molecule has 1 aliphatic rings. The van der Waals surface area contributed by atoms with E-state index in [2.05, 4.69) is 27.7 Å². The summed E-state index contributed by atoms with van der Waals surface area (Å²) in [5.74, 6) is -0.878. The van der Waals surface area contributed by atoms with Gasteiger partial charge in [-0.25, -0.2) is 0 Å². The molecular weight excluding hydrogens is 358 g/mol. The highest BCUT2D eigenvalue weighted by Crippen LogP contribution is 2.23. The summed E-state index contributed by atoms with van der Waals surface area (Å²) in [5.41, 5.74) is 1.61. The van der Waals surface area contributed by atoms with Crippen molar-refractivity contribution in [2.45, 2.75) is 6.10 Å². The van der Waals surface area contributed by atoms with Crippen molar-refractivity contribution in [2.75, 3.05) is 45.2 Å². The first-order valence-corrected chi connectivity index (χ1v) is 9.28. The molecule has 7 heteroatoms. The van der Waals surface area contributed by atoms with E-state index in [4.69, 9.17) is 9.47 Å². The van der Waals surface area contributed by atoms with Gasteiger partial charge < -0.3 is 20.1 Å². The lowest BCUT2D eigenvalue weighted by molar-refractivity contribution is -0.136. The van der Waals surface area contributed by atoms with E-state index in [1.165, 1.54) is 7.11 Å². The topological polar surface area (TPSA) is 79.9 Å². The van der Waals surface area contributed by atoms with Crippen LogP contribution in [0.25, 0.3) is 0 Å². The quantitative estimate of drug-likeness (QED) is 0.744. The predicted molar refractivity (Wildman–Crippen MR) is 106 cm³/mol. The molecule has 2 aromatic rings. The van der Waals surface area contributed by atoms with Crippen LogP contribution in [0.4, 0.5) is 5.69 Å². The molecule has 148 valence electrons. The standard InChI is InChI=1S/C21H25N3O4/c1-27-18-10-6-5-9-17(18)23-21(26)20(25)22-11-12-24-13-14-28-19(15-24)16-7-3-2-4-8-16/h2-10,19H,11-15H2,1H3,(H,22,25)(H,23,26)/t19-/m0/s1. The number of amides is 2. The van der Waals surface area contributed by atoms with E-state index in [-0.39, 0.29) is 6.10 Å². The average Bonchev–Trinajstić information content (AvgIpc) is 2.75. The zero-order valence-electron chi connectivity index (χ0n) is 15.9. The third-order valence-corrected chi connectivity index (χ3v) is 4.60. The summed E-state index contributed by atoms with van der Waals surface area (Å²) in [5, 5.41) is 5.24. The zero-order chi connectivity index (χ0) is 19.8. The molecule has 2 aromatic carbocycles. The summed E-state index contributed by atoms with van der Waals surface area (Å²) >= 11 is 0. The third kappa shape index (κ3) is 5.31. The van der Waals surface area contributed by atoms with Crippen molar-refractivity contribution in [3.05, 3.63) is 60.2 Å². The fourth-order valence-corrected chi connectivity index (χ4v) is 3.11. The van der Waals surface area contributed by atoms with Crippen LogP contribution in [-0.2, 0) is 14.3 Å². The number of rotatable bonds is 6. The van der Waals surface area contributed by atoms with Crippen LogP contribution in [0, 0.1) is 0 Å².